The molecule has 0 aliphatic carbocycles. The van der Waals surface area contributed by atoms with E-state index >= 15 is 0 Å². The van der Waals surface area contributed by atoms with E-state index in [1.165, 1.54) is 0 Å². The fraction of sp³-hybridized carbons (Fsp3) is 0.727. The molecule has 3 heterocycles. The fourth-order valence-electron chi connectivity index (χ4n) is 4.39. The number of carbonyl (C=O) groups excluding carboxylic acids is 1. The van der Waals surface area contributed by atoms with Crippen LogP contribution >= 0.6 is 0 Å². The van der Waals surface area contributed by atoms with E-state index in [1.807, 2.05) is 18.0 Å². The average Bonchev–Trinajstić information content (AvgIpc) is 2.89. The van der Waals surface area contributed by atoms with Crippen molar-refractivity contribution in [3.63, 3.8) is 0 Å². The summed E-state index contributed by atoms with van der Waals surface area (Å²) >= 11 is 0. The number of carbonyl (C=O) groups is 1. The first-order chi connectivity index (χ1) is 13.5. The van der Waals surface area contributed by atoms with Crippen molar-refractivity contribution in [2.24, 2.45) is 5.92 Å². The Hall–Kier alpha value is -1.70. The zero-order valence-electron chi connectivity index (χ0n) is 18.9. The van der Waals surface area contributed by atoms with Gasteiger partial charge in [-0.3, -0.25) is 14.5 Å². The predicted molar refractivity (Wildman–Crippen MR) is 115 cm³/mol. The first-order valence-electron chi connectivity index (χ1n) is 10.6. The van der Waals surface area contributed by atoms with Gasteiger partial charge in [-0.2, -0.15) is 0 Å². The lowest BCUT2D eigenvalue weighted by Gasteiger charge is -2.46. The third-order valence-corrected chi connectivity index (χ3v) is 6.25. The average molecular weight is 405 g/mol. The molecule has 1 fully saturated rings. The molecule has 1 aromatic rings. The molecule has 1 saturated heterocycles. The van der Waals surface area contributed by atoms with Crippen LogP contribution in [0.5, 0.6) is 0 Å². The molecule has 0 spiro atoms. The molecular formula is C22H36N4O3. The van der Waals surface area contributed by atoms with E-state index in [2.05, 4.69) is 44.8 Å². The Bertz CT molecular complexity index is 832. The molecule has 0 bridgehead atoms. The number of hydrogen-bond donors (Lipinski definition) is 1. The molecule has 2 atom stereocenters. The lowest BCUT2D eigenvalue weighted by Crippen LogP contribution is -2.65. The van der Waals surface area contributed by atoms with E-state index in [0.29, 0.717) is 31.6 Å². The summed E-state index contributed by atoms with van der Waals surface area (Å²) in [4.78, 5) is 30.0. The van der Waals surface area contributed by atoms with E-state index in [0.717, 1.165) is 17.8 Å². The Kier molecular flexibility index (Phi) is 5.96. The third-order valence-electron chi connectivity index (χ3n) is 6.25. The van der Waals surface area contributed by atoms with Crippen LogP contribution in [0.25, 0.3) is 0 Å². The molecule has 0 saturated carbocycles. The number of pyridine rings is 1. The number of nitrogens with zero attached hydrogens (tertiary/aromatic N) is 3. The smallest absolute Gasteiger partial charge is 0.250 e. The lowest BCUT2D eigenvalue weighted by molar-refractivity contribution is -0.150. The van der Waals surface area contributed by atoms with Crippen LogP contribution in [0.2, 0.25) is 0 Å². The van der Waals surface area contributed by atoms with Gasteiger partial charge in [-0.1, -0.05) is 27.7 Å². The van der Waals surface area contributed by atoms with Gasteiger partial charge in [0.05, 0.1) is 12.2 Å². The van der Waals surface area contributed by atoms with E-state index in [9.17, 15) is 9.59 Å². The molecule has 3 rings (SSSR count). The summed E-state index contributed by atoms with van der Waals surface area (Å²) in [7, 11) is 1.69. The van der Waals surface area contributed by atoms with Crippen molar-refractivity contribution in [1.82, 2.24) is 14.8 Å². The minimum atomic E-state index is -0.517. The van der Waals surface area contributed by atoms with Gasteiger partial charge in [0.15, 0.2) is 0 Å². The zero-order valence-corrected chi connectivity index (χ0v) is 18.9. The molecular weight excluding hydrogens is 368 g/mol. The second-order valence-corrected chi connectivity index (χ2v) is 9.86. The van der Waals surface area contributed by atoms with Crippen molar-refractivity contribution < 1.29 is 9.53 Å². The molecule has 0 aromatic carbocycles. The van der Waals surface area contributed by atoms with Gasteiger partial charge in [0.2, 0.25) is 5.91 Å². The second kappa shape index (κ2) is 7.85. The Morgan fingerprint density at radius 2 is 2.03 bits per heavy atom. The van der Waals surface area contributed by atoms with Crippen molar-refractivity contribution >= 4 is 11.6 Å². The summed E-state index contributed by atoms with van der Waals surface area (Å²) < 4.78 is 7.47. The number of piperazine rings is 1. The lowest BCUT2D eigenvalue weighted by atomic mass is 9.87. The summed E-state index contributed by atoms with van der Waals surface area (Å²) in [6.45, 7) is 15.4. The maximum Gasteiger partial charge on any atom is 0.250 e. The van der Waals surface area contributed by atoms with Gasteiger partial charge in [0.1, 0.15) is 5.72 Å². The second-order valence-electron chi connectivity index (χ2n) is 9.86. The van der Waals surface area contributed by atoms with Crippen LogP contribution in [0.3, 0.4) is 0 Å². The van der Waals surface area contributed by atoms with E-state index in [4.69, 9.17) is 4.74 Å². The van der Waals surface area contributed by atoms with E-state index in [-0.39, 0.29) is 23.4 Å². The highest BCUT2D eigenvalue weighted by Crippen LogP contribution is 2.39. The molecule has 2 aliphatic rings. The highest BCUT2D eigenvalue weighted by Gasteiger charge is 2.42. The van der Waals surface area contributed by atoms with Crippen molar-refractivity contribution in [2.45, 2.75) is 65.3 Å². The van der Waals surface area contributed by atoms with Crippen molar-refractivity contribution in [2.75, 3.05) is 38.2 Å². The van der Waals surface area contributed by atoms with Crippen LogP contribution < -0.4 is 15.8 Å². The number of nitrogens with one attached hydrogen (secondary N) is 1. The number of rotatable bonds is 5. The van der Waals surface area contributed by atoms with Crippen LogP contribution in [0.1, 0.15) is 47.1 Å². The fourth-order valence-corrected chi connectivity index (χ4v) is 4.39. The highest BCUT2D eigenvalue weighted by molar-refractivity contribution is 5.97. The van der Waals surface area contributed by atoms with Crippen LogP contribution in [-0.2, 0) is 21.5 Å². The largest absolute Gasteiger partial charge is 0.363 e. The van der Waals surface area contributed by atoms with Gasteiger partial charge in [-0.25, -0.2) is 0 Å². The first kappa shape index (κ1) is 22.0. The van der Waals surface area contributed by atoms with Gasteiger partial charge in [-0.15, -0.1) is 0 Å². The van der Waals surface area contributed by atoms with Crippen LogP contribution in [-0.4, -0.2) is 60.4 Å². The zero-order chi connectivity index (χ0) is 21.6. The van der Waals surface area contributed by atoms with Crippen LogP contribution in [0.15, 0.2) is 17.1 Å². The molecule has 1 amide bonds. The van der Waals surface area contributed by atoms with E-state index < -0.39 is 5.72 Å². The molecule has 1 N–H and O–H groups in total. The van der Waals surface area contributed by atoms with Crippen LogP contribution in [0.4, 0.5) is 5.69 Å². The third kappa shape index (κ3) is 4.27. The Morgan fingerprint density at radius 3 is 2.66 bits per heavy atom. The highest BCUT2D eigenvalue weighted by atomic mass is 16.5. The van der Waals surface area contributed by atoms with Crippen molar-refractivity contribution in [3.05, 3.63) is 28.2 Å². The standard InChI is InChI=1S/C22H36N4O3/c1-15(2)9-24-11-18-17(8-19(24)27)21(4,5)14-26(18)20(28)12-25-10-16(3)23-13-22(25,6)29-7/h8,11,15-16,23H,9-10,12-14H2,1-7H3/t16-,22-/m1/s1. The normalized spacial score (nSPS) is 26.8. The summed E-state index contributed by atoms with van der Waals surface area (Å²) in [5.74, 6) is 0.401. The van der Waals surface area contributed by atoms with Gasteiger partial charge >= 0.3 is 0 Å². The van der Waals surface area contributed by atoms with Gasteiger partial charge in [-0.05, 0) is 25.3 Å². The number of hydrogen-bond acceptors (Lipinski definition) is 5. The number of aromatic nitrogens is 1. The number of anilines is 1. The van der Waals surface area contributed by atoms with Gasteiger partial charge < -0.3 is 19.5 Å². The molecule has 29 heavy (non-hydrogen) atoms. The number of methoxy groups -OCH3 is 1. The number of fused-ring (bicyclic) bond motifs is 1. The molecule has 7 nitrogen and oxygen atoms in total. The predicted octanol–water partition coefficient (Wildman–Crippen LogP) is 1.78. The van der Waals surface area contributed by atoms with Crippen molar-refractivity contribution in [3.8, 4) is 0 Å². The summed E-state index contributed by atoms with van der Waals surface area (Å²) in [5.41, 5.74) is 1.06. The van der Waals surface area contributed by atoms with Gasteiger partial charge in [0, 0.05) is 57.0 Å². The first-order valence-corrected chi connectivity index (χ1v) is 10.6. The number of ether oxygens (including phenoxy) is 1. The maximum absolute atomic E-state index is 13.4. The summed E-state index contributed by atoms with van der Waals surface area (Å²) in [6.07, 6.45) is 1.88. The molecule has 2 aliphatic heterocycles. The summed E-state index contributed by atoms with van der Waals surface area (Å²) in [6, 6.07) is 2.02. The topological polar surface area (TPSA) is 66.8 Å². The minimum Gasteiger partial charge on any atom is -0.363 e. The summed E-state index contributed by atoms with van der Waals surface area (Å²) in [5, 5.41) is 3.43. The molecule has 162 valence electrons. The molecule has 0 unspecified atom stereocenters. The van der Waals surface area contributed by atoms with Gasteiger partial charge in [0.25, 0.3) is 5.56 Å². The number of amides is 1. The van der Waals surface area contributed by atoms with E-state index in [1.54, 1.807) is 17.7 Å². The minimum absolute atomic E-state index is 0.00251. The molecule has 0 radical (unpaired) electrons. The molecule has 1 aromatic heterocycles. The Morgan fingerprint density at radius 1 is 1.34 bits per heavy atom. The molecule has 7 heteroatoms. The monoisotopic (exact) mass is 404 g/mol. The quantitative estimate of drug-likeness (QED) is 0.810. The van der Waals surface area contributed by atoms with Crippen LogP contribution in [0, 0.1) is 5.92 Å². The SMILES string of the molecule is CO[C@]1(C)CN[C@H](C)CN1CC(=O)N1CC(C)(C)c2cc(=O)n(CC(C)C)cc21. The Labute approximate surface area is 174 Å². The van der Waals surface area contributed by atoms with Crippen molar-refractivity contribution in [1.29, 1.82) is 0 Å². The maximum atomic E-state index is 13.4. The Balaban J connectivity index is 1.90.